The lowest BCUT2D eigenvalue weighted by molar-refractivity contribution is -0.126. The molecule has 0 spiro atoms. The molecule has 0 bridgehead atoms. The first kappa shape index (κ1) is 11.0. The van der Waals surface area contributed by atoms with Crippen molar-refractivity contribution in [1.29, 1.82) is 0 Å². The fraction of sp³-hybridized carbons (Fsp3) is 0.583. The molecule has 0 aromatic carbocycles. The quantitative estimate of drug-likeness (QED) is 0.830. The van der Waals surface area contributed by atoms with E-state index in [1.54, 1.807) is 18.5 Å². The SMILES string of the molecule is CC1(C(=O)Nc2ncccn2)CCCCC1. The van der Waals surface area contributed by atoms with E-state index in [2.05, 4.69) is 15.3 Å². The molecular weight excluding hydrogens is 202 g/mol. The van der Waals surface area contributed by atoms with Crippen LogP contribution in [0, 0.1) is 5.41 Å². The second kappa shape index (κ2) is 4.60. The largest absolute Gasteiger partial charge is 0.294 e. The van der Waals surface area contributed by atoms with Crippen LogP contribution in [0.5, 0.6) is 0 Å². The number of carbonyl (C=O) groups is 1. The average molecular weight is 219 g/mol. The molecule has 1 fully saturated rings. The van der Waals surface area contributed by atoms with Crippen LogP contribution in [-0.2, 0) is 4.79 Å². The number of rotatable bonds is 2. The number of hydrogen-bond donors (Lipinski definition) is 1. The van der Waals surface area contributed by atoms with E-state index >= 15 is 0 Å². The molecular formula is C12H17N3O. The van der Waals surface area contributed by atoms with Gasteiger partial charge < -0.3 is 0 Å². The highest BCUT2D eigenvalue weighted by molar-refractivity contribution is 5.93. The summed E-state index contributed by atoms with van der Waals surface area (Å²) in [6.07, 6.45) is 8.71. The Morgan fingerprint density at radius 2 is 1.88 bits per heavy atom. The van der Waals surface area contributed by atoms with E-state index in [4.69, 9.17) is 0 Å². The Kier molecular flexibility index (Phi) is 3.17. The molecule has 1 N–H and O–H groups in total. The van der Waals surface area contributed by atoms with Crippen molar-refractivity contribution < 1.29 is 4.79 Å². The van der Waals surface area contributed by atoms with E-state index in [0.717, 1.165) is 25.7 Å². The van der Waals surface area contributed by atoms with E-state index in [9.17, 15) is 4.79 Å². The third-order valence-electron chi connectivity index (χ3n) is 3.30. The molecule has 0 aliphatic heterocycles. The second-order valence-electron chi connectivity index (χ2n) is 4.65. The topological polar surface area (TPSA) is 54.9 Å². The smallest absolute Gasteiger partial charge is 0.232 e. The molecule has 0 atom stereocenters. The molecule has 1 saturated carbocycles. The maximum Gasteiger partial charge on any atom is 0.232 e. The van der Waals surface area contributed by atoms with E-state index in [1.165, 1.54) is 6.42 Å². The van der Waals surface area contributed by atoms with Gasteiger partial charge in [0.1, 0.15) is 0 Å². The second-order valence-corrected chi connectivity index (χ2v) is 4.65. The highest BCUT2D eigenvalue weighted by Gasteiger charge is 2.34. The number of amides is 1. The van der Waals surface area contributed by atoms with Gasteiger partial charge in [0.15, 0.2) is 0 Å². The molecule has 1 heterocycles. The molecule has 1 aliphatic rings. The van der Waals surface area contributed by atoms with Crippen LogP contribution < -0.4 is 5.32 Å². The number of nitrogens with zero attached hydrogens (tertiary/aromatic N) is 2. The van der Waals surface area contributed by atoms with Crippen molar-refractivity contribution in [3.8, 4) is 0 Å². The van der Waals surface area contributed by atoms with Crippen molar-refractivity contribution in [3.63, 3.8) is 0 Å². The fourth-order valence-electron chi connectivity index (χ4n) is 2.18. The maximum absolute atomic E-state index is 12.1. The molecule has 4 heteroatoms. The van der Waals surface area contributed by atoms with Gasteiger partial charge in [0, 0.05) is 17.8 Å². The summed E-state index contributed by atoms with van der Waals surface area (Å²) in [5, 5.41) is 2.79. The average Bonchev–Trinajstić information content (AvgIpc) is 2.31. The lowest BCUT2D eigenvalue weighted by Gasteiger charge is -2.31. The van der Waals surface area contributed by atoms with Gasteiger partial charge in [-0.15, -0.1) is 0 Å². The van der Waals surface area contributed by atoms with Crippen LogP contribution in [0.25, 0.3) is 0 Å². The number of anilines is 1. The lowest BCUT2D eigenvalue weighted by atomic mass is 9.75. The van der Waals surface area contributed by atoms with Crippen LogP contribution in [0.15, 0.2) is 18.5 Å². The molecule has 1 aromatic heterocycles. The van der Waals surface area contributed by atoms with Crippen molar-refractivity contribution in [3.05, 3.63) is 18.5 Å². The van der Waals surface area contributed by atoms with E-state index < -0.39 is 0 Å². The van der Waals surface area contributed by atoms with Crippen molar-refractivity contribution in [1.82, 2.24) is 9.97 Å². The Morgan fingerprint density at radius 1 is 1.25 bits per heavy atom. The van der Waals surface area contributed by atoms with Gasteiger partial charge in [-0.3, -0.25) is 10.1 Å². The first-order chi connectivity index (χ1) is 7.71. The Labute approximate surface area is 95.5 Å². The Hall–Kier alpha value is -1.45. The van der Waals surface area contributed by atoms with E-state index in [1.807, 2.05) is 6.92 Å². The van der Waals surface area contributed by atoms with Crippen LogP contribution in [0.1, 0.15) is 39.0 Å². The minimum atomic E-state index is -0.239. The van der Waals surface area contributed by atoms with Crippen molar-refractivity contribution in [2.75, 3.05) is 5.32 Å². The lowest BCUT2D eigenvalue weighted by Crippen LogP contribution is -2.35. The number of hydrogen-bond acceptors (Lipinski definition) is 3. The molecule has 86 valence electrons. The zero-order chi connectivity index (χ0) is 11.4. The predicted molar refractivity (Wildman–Crippen MR) is 61.9 cm³/mol. The monoisotopic (exact) mass is 219 g/mol. The summed E-state index contributed by atoms with van der Waals surface area (Å²) in [7, 11) is 0. The normalized spacial score (nSPS) is 19.1. The predicted octanol–water partition coefficient (Wildman–Crippen LogP) is 2.39. The number of aromatic nitrogens is 2. The van der Waals surface area contributed by atoms with Crippen LogP contribution in [0.2, 0.25) is 0 Å². The molecule has 1 amide bonds. The van der Waals surface area contributed by atoms with Gasteiger partial charge in [-0.1, -0.05) is 26.2 Å². The molecule has 0 saturated heterocycles. The summed E-state index contributed by atoms with van der Waals surface area (Å²) in [5.41, 5.74) is -0.239. The maximum atomic E-state index is 12.1. The summed E-state index contributed by atoms with van der Waals surface area (Å²) < 4.78 is 0. The summed E-state index contributed by atoms with van der Waals surface area (Å²) in [6, 6.07) is 1.73. The van der Waals surface area contributed by atoms with Crippen molar-refractivity contribution in [2.24, 2.45) is 5.41 Å². The molecule has 2 rings (SSSR count). The molecule has 1 aliphatic carbocycles. The van der Waals surface area contributed by atoms with E-state index in [0.29, 0.717) is 5.95 Å². The fourth-order valence-corrected chi connectivity index (χ4v) is 2.18. The van der Waals surface area contributed by atoms with Crippen molar-refractivity contribution in [2.45, 2.75) is 39.0 Å². The first-order valence-electron chi connectivity index (χ1n) is 5.79. The number of nitrogens with one attached hydrogen (secondary N) is 1. The van der Waals surface area contributed by atoms with Gasteiger partial charge in [0.05, 0.1) is 0 Å². The van der Waals surface area contributed by atoms with Crippen LogP contribution in [0.4, 0.5) is 5.95 Å². The van der Waals surface area contributed by atoms with Gasteiger partial charge in [-0.25, -0.2) is 9.97 Å². The standard InChI is InChI=1S/C12H17N3O/c1-12(6-3-2-4-7-12)10(16)15-11-13-8-5-9-14-11/h5,8-9H,2-4,6-7H2,1H3,(H,13,14,15,16). The molecule has 16 heavy (non-hydrogen) atoms. The Morgan fingerprint density at radius 3 is 2.50 bits per heavy atom. The van der Waals surface area contributed by atoms with Gasteiger partial charge in [0.2, 0.25) is 11.9 Å². The van der Waals surface area contributed by atoms with E-state index in [-0.39, 0.29) is 11.3 Å². The van der Waals surface area contributed by atoms with Crippen molar-refractivity contribution >= 4 is 11.9 Å². The zero-order valence-corrected chi connectivity index (χ0v) is 9.57. The minimum Gasteiger partial charge on any atom is -0.294 e. The third-order valence-corrected chi connectivity index (χ3v) is 3.30. The zero-order valence-electron chi connectivity index (χ0n) is 9.57. The first-order valence-corrected chi connectivity index (χ1v) is 5.79. The Bertz CT molecular complexity index is 358. The van der Waals surface area contributed by atoms with Gasteiger partial charge in [-0.05, 0) is 18.9 Å². The molecule has 4 nitrogen and oxygen atoms in total. The third kappa shape index (κ3) is 2.38. The minimum absolute atomic E-state index is 0.0541. The summed E-state index contributed by atoms with van der Waals surface area (Å²) >= 11 is 0. The van der Waals surface area contributed by atoms with Gasteiger partial charge >= 0.3 is 0 Å². The molecule has 0 radical (unpaired) electrons. The summed E-state index contributed by atoms with van der Waals surface area (Å²) in [5.74, 6) is 0.456. The Balaban J connectivity index is 2.02. The highest BCUT2D eigenvalue weighted by Crippen LogP contribution is 2.36. The summed E-state index contributed by atoms with van der Waals surface area (Å²) in [6.45, 7) is 2.03. The molecule has 1 aromatic rings. The van der Waals surface area contributed by atoms with Crippen LogP contribution >= 0.6 is 0 Å². The van der Waals surface area contributed by atoms with Crippen LogP contribution in [0.3, 0.4) is 0 Å². The summed E-state index contributed by atoms with van der Waals surface area (Å²) in [4.78, 5) is 20.1. The highest BCUT2D eigenvalue weighted by atomic mass is 16.2. The van der Waals surface area contributed by atoms with Gasteiger partial charge in [-0.2, -0.15) is 0 Å². The van der Waals surface area contributed by atoms with Gasteiger partial charge in [0.25, 0.3) is 0 Å². The number of carbonyl (C=O) groups excluding carboxylic acids is 1. The molecule has 0 unspecified atom stereocenters. The van der Waals surface area contributed by atoms with Crippen LogP contribution in [-0.4, -0.2) is 15.9 Å².